The Morgan fingerprint density at radius 3 is 3.06 bits per heavy atom. The Balaban J connectivity index is 2.60. The fourth-order valence-corrected chi connectivity index (χ4v) is 1.77. The van der Waals surface area contributed by atoms with Crippen LogP contribution in [0, 0.1) is 4.77 Å². The predicted molar refractivity (Wildman–Crippen MR) is 63.4 cm³/mol. The van der Waals surface area contributed by atoms with Crippen LogP contribution in [0.15, 0.2) is 23.1 Å². The second-order valence-electron chi connectivity index (χ2n) is 3.43. The normalized spacial score (nSPS) is 10.6. The van der Waals surface area contributed by atoms with E-state index in [1.54, 1.807) is 12.1 Å². The SMILES string of the molecule is O=C(O)CCn1c(=S)[nH]c2cccnc2c1=O. The van der Waals surface area contributed by atoms with E-state index in [1.807, 2.05) is 0 Å². The van der Waals surface area contributed by atoms with Crippen LogP contribution < -0.4 is 5.56 Å². The summed E-state index contributed by atoms with van der Waals surface area (Å²) >= 11 is 5.01. The van der Waals surface area contributed by atoms with Crippen LogP contribution in [0.3, 0.4) is 0 Å². The van der Waals surface area contributed by atoms with Gasteiger partial charge in [0.05, 0.1) is 11.9 Å². The van der Waals surface area contributed by atoms with Crippen molar-refractivity contribution in [1.29, 1.82) is 0 Å². The van der Waals surface area contributed by atoms with Crippen LogP contribution >= 0.6 is 12.2 Å². The number of nitrogens with one attached hydrogen (secondary N) is 1. The van der Waals surface area contributed by atoms with Gasteiger partial charge in [-0.3, -0.25) is 14.2 Å². The Morgan fingerprint density at radius 1 is 1.59 bits per heavy atom. The Hall–Kier alpha value is -2.02. The van der Waals surface area contributed by atoms with Gasteiger partial charge in [0.2, 0.25) is 0 Å². The van der Waals surface area contributed by atoms with Crippen LogP contribution in [-0.4, -0.2) is 25.6 Å². The standard InChI is InChI=1S/C10H9N3O3S/c14-7(15)3-5-13-9(16)8-6(12-10(13)17)2-1-4-11-8/h1-2,4H,3,5H2,(H,12,17)(H,14,15). The monoisotopic (exact) mass is 251 g/mol. The molecule has 0 saturated carbocycles. The largest absolute Gasteiger partial charge is 0.481 e. The predicted octanol–water partition coefficient (Wildman–Crippen LogP) is 0.929. The number of aromatic amines is 1. The molecule has 7 heteroatoms. The first-order chi connectivity index (χ1) is 8.09. The maximum Gasteiger partial charge on any atom is 0.305 e. The zero-order valence-corrected chi connectivity index (χ0v) is 9.53. The zero-order chi connectivity index (χ0) is 12.4. The maximum absolute atomic E-state index is 12.0. The summed E-state index contributed by atoms with van der Waals surface area (Å²) in [5, 5.41) is 8.59. The van der Waals surface area contributed by atoms with E-state index in [0.29, 0.717) is 5.52 Å². The van der Waals surface area contributed by atoms with Crippen molar-refractivity contribution in [3.8, 4) is 0 Å². The van der Waals surface area contributed by atoms with Gasteiger partial charge in [-0.2, -0.15) is 0 Å². The van der Waals surface area contributed by atoms with Crippen LogP contribution in [0.4, 0.5) is 0 Å². The lowest BCUT2D eigenvalue weighted by Gasteiger charge is -2.05. The van der Waals surface area contributed by atoms with Crippen LogP contribution in [0.1, 0.15) is 6.42 Å². The topological polar surface area (TPSA) is 88.0 Å². The van der Waals surface area contributed by atoms with Crippen molar-refractivity contribution in [3.63, 3.8) is 0 Å². The van der Waals surface area contributed by atoms with Gasteiger partial charge >= 0.3 is 5.97 Å². The minimum absolute atomic E-state index is 0.0377. The average Bonchev–Trinajstić information content (AvgIpc) is 2.28. The number of fused-ring (bicyclic) bond motifs is 1. The highest BCUT2D eigenvalue weighted by Gasteiger charge is 2.07. The fourth-order valence-electron chi connectivity index (χ4n) is 1.49. The molecular weight excluding hydrogens is 242 g/mol. The van der Waals surface area contributed by atoms with Crippen molar-refractivity contribution in [2.24, 2.45) is 0 Å². The molecule has 2 N–H and O–H groups in total. The lowest BCUT2D eigenvalue weighted by atomic mass is 10.3. The van der Waals surface area contributed by atoms with E-state index in [1.165, 1.54) is 10.8 Å². The first-order valence-electron chi connectivity index (χ1n) is 4.89. The molecular formula is C10H9N3O3S. The molecule has 0 saturated heterocycles. The lowest BCUT2D eigenvalue weighted by Crippen LogP contribution is -2.24. The van der Waals surface area contributed by atoms with E-state index in [9.17, 15) is 9.59 Å². The summed E-state index contributed by atoms with van der Waals surface area (Å²) in [6, 6.07) is 3.38. The summed E-state index contributed by atoms with van der Waals surface area (Å²) in [7, 11) is 0. The number of aromatic nitrogens is 3. The van der Waals surface area contributed by atoms with Crippen molar-refractivity contribution in [1.82, 2.24) is 14.5 Å². The van der Waals surface area contributed by atoms with Crippen molar-refractivity contribution in [2.75, 3.05) is 0 Å². The van der Waals surface area contributed by atoms with E-state index in [2.05, 4.69) is 9.97 Å². The van der Waals surface area contributed by atoms with Gasteiger partial charge < -0.3 is 10.1 Å². The minimum Gasteiger partial charge on any atom is -0.481 e. The number of rotatable bonds is 3. The molecule has 2 heterocycles. The van der Waals surface area contributed by atoms with E-state index in [0.717, 1.165) is 0 Å². The number of carboxylic acids is 1. The first kappa shape index (κ1) is 11.5. The van der Waals surface area contributed by atoms with Crippen molar-refractivity contribution in [3.05, 3.63) is 33.5 Å². The van der Waals surface area contributed by atoms with Gasteiger partial charge in [-0.05, 0) is 24.4 Å². The first-order valence-corrected chi connectivity index (χ1v) is 5.30. The summed E-state index contributed by atoms with van der Waals surface area (Å²) in [5.41, 5.74) is 0.436. The third-order valence-electron chi connectivity index (χ3n) is 2.29. The highest BCUT2D eigenvalue weighted by molar-refractivity contribution is 7.71. The molecule has 0 bridgehead atoms. The van der Waals surface area contributed by atoms with Crippen LogP contribution in [0.5, 0.6) is 0 Å². The number of aliphatic carboxylic acids is 1. The highest BCUT2D eigenvalue weighted by atomic mass is 32.1. The van der Waals surface area contributed by atoms with Gasteiger partial charge in [0.25, 0.3) is 5.56 Å². The lowest BCUT2D eigenvalue weighted by molar-refractivity contribution is -0.137. The Morgan fingerprint density at radius 2 is 2.35 bits per heavy atom. The molecule has 2 aromatic heterocycles. The van der Waals surface area contributed by atoms with Gasteiger partial charge in [0.15, 0.2) is 10.3 Å². The Labute approximate surface area is 101 Å². The molecule has 17 heavy (non-hydrogen) atoms. The van der Waals surface area contributed by atoms with E-state index < -0.39 is 5.97 Å². The second kappa shape index (κ2) is 4.46. The molecule has 0 amide bonds. The molecule has 0 aromatic carbocycles. The highest BCUT2D eigenvalue weighted by Crippen LogP contribution is 2.02. The molecule has 0 spiro atoms. The average molecular weight is 251 g/mol. The molecule has 0 aliphatic carbocycles. The number of carbonyl (C=O) groups is 1. The molecule has 2 rings (SSSR count). The molecule has 88 valence electrons. The minimum atomic E-state index is -0.979. The molecule has 2 aromatic rings. The van der Waals surface area contributed by atoms with Gasteiger partial charge in [0, 0.05) is 12.7 Å². The van der Waals surface area contributed by atoms with Gasteiger partial charge in [-0.25, -0.2) is 4.98 Å². The third-order valence-corrected chi connectivity index (χ3v) is 2.61. The van der Waals surface area contributed by atoms with Gasteiger partial charge in [0.1, 0.15) is 0 Å². The summed E-state index contributed by atoms with van der Waals surface area (Å²) in [6.07, 6.45) is 1.35. The smallest absolute Gasteiger partial charge is 0.305 e. The number of pyridine rings is 1. The third kappa shape index (κ3) is 2.23. The van der Waals surface area contributed by atoms with Crippen LogP contribution in [0.2, 0.25) is 0 Å². The van der Waals surface area contributed by atoms with Crippen molar-refractivity contribution < 1.29 is 9.90 Å². The van der Waals surface area contributed by atoms with Gasteiger partial charge in [-0.1, -0.05) is 0 Å². The number of H-pyrrole nitrogens is 1. The van der Waals surface area contributed by atoms with Crippen LogP contribution in [0.25, 0.3) is 11.0 Å². The summed E-state index contributed by atoms with van der Waals surface area (Å²) in [6.45, 7) is 0.0377. The summed E-state index contributed by atoms with van der Waals surface area (Å²) < 4.78 is 1.41. The Bertz CT molecular complexity index is 689. The van der Waals surface area contributed by atoms with Gasteiger partial charge in [-0.15, -0.1) is 0 Å². The molecule has 6 nitrogen and oxygen atoms in total. The summed E-state index contributed by atoms with van der Waals surface area (Å²) in [4.78, 5) is 29.3. The molecule has 0 aliphatic heterocycles. The maximum atomic E-state index is 12.0. The van der Waals surface area contributed by atoms with E-state index in [-0.39, 0.29) is 28.8 Å². The number of carboxylic acid groups (broad SMARTS) is 1. The molecule has 0 unspecified atom stereocenters. The van der Waals surface area contributed by atoms with Crippen molar-refractivity contribution in [2.45, 2.75) is 13.0 Å². The second-order valence-corrected chi connectivity index (χ2v) is 3.82. The quantitative estimate of drug-likeness (QED) is 0.792. The van der Waals surface area contributed by atoms with E-state index >= 15 is 0 Å². The molecule has 0 atom stereocenters. The number of hydrogen-bond donors (Lipinski definition) is 2. The fraction of sp³-hybridized carbons (Fsp3) is 0.200. The zero-order valence-electron chi connectivity index (χ0n) is 8.71. The van der Waals surface area contributed by atoms with Crippen LogP contribution in [-0.2, 0) is 11.3 Å². The Kier molecular flexibility index (Phi) is 3.01. The van der Waals surface area contributed by atoms with E-state index in [4.69, 9.17) is 17.3 Å². The molecule has 0 fully saturated rings. The molecule has 0 aliphatic rings. The number of nitrogens with zero attached hydrogens (tertiary/aromatic N) is 2. The van der Waals surface area contributed by atoms with Crippen molar-refractivity contribution >= 4 is 29.2 Å². The summed E-state index contributed by atoms with van der Waals surface area (Å²) in [5.74, 6) is -0.979. The molecule has 0 radical (unpaired) electrons. The number of hydrogen-bond acceptors (Lipinski definition) is 4.